The minimum Gasteiger partial charge on any atom is -0.393 e. The molecule has 19 heavy (non-hydrogen) atoms. The quantitative estimate of drug-likeness (QED) is 0.752. The largest absolute Gasteiger partial charge is 0.393 e. The number of amides is 2. The van der Waals surface area contributed by atoms with Crippen LogP contribution in [0.4, 0.5) is 9.93 Å². The molecule has 3 N–H and O–H groups in total. The number of aliphatic hydroxyl groups excluding tert-OH is 1. The third-order valence-electron chi connectivity index (χ3n) is 2.71. The summed E-state index contributed by atoms with van der Waals surface area (Å²) in [7, 11) is 0. The zero-order valence-corrected chi connectivity index (χ0v) is 12.8. The second-order valence-electron chi connectivity index (χ2n) is 5.52. The highest BCUT2D eigenvalue weighted by atomic mass is 32.1. The summed E-state index contributed by atoms with van der Waals surface area (Å²) in [6.07, 6.45) is 1.14. The molecule has 0 saturated carbocycles. The van der Waals surface area contributed by atoms with Gasteiger partial charge in [-0.15, -0.1) is 11.3 Å². The maximum absolute atomic E-state index is 11.7. The predicted octanol–water partition coefficient (Wildman–Crippen LogP) is 2.62. The molecule has 0 radical (unpaired) electrons. The van der Waals surface area contributed by atoms with Crippen molar-refractivity contribution < 1.29 is 9.90 Å². The monoisotopic (exact) mass is 285 g/mol. The van der Waals surface area contributed by atoms with Crippen LogP contribution in [0.1, 0.15) is 39.8 Å². The highest BCUT2D eigenvalue weighted by Gasteiger charge is 2.21. The summed E-state index contributed by atoms with van der Waals surface area (Å²) in [6, 6.07) is -0.254. The number of carbonyl (C=O) groups excluding carboxylic acids is 1. The van der Waals surface area contributed by atoms with Gasteiger partial charge in [0.05, 0.1) is 11.8 Å². The number of aromatic nitrogens is 1. The zero-order chi connectivity index (χ0) is 14.5. The third kappa shape index (κ3) is 6.02. The summed E-state index contributed by atoms with van der Waals surface area (Å²) in [5.74, 6) is 0. The molecule has 0 fully saturated rings. The molecular formula is C13H23N3O2S. The Bertz CT molecular complexity index is 416. The number of aryl methyl sites for hydroxylation is 1. The molecular weight excluding hydrogens is 262 g/mol. The Morgan fingerprint density at radius 1 is 1.58 bits per heavy atom. The van der Waals surface area contributed by atoms with E-state index in [0.717, 1.165) is 12.1 Å². The molecule has 1 heterocycles. The average molecular weight is 285 g/mol. The lowest BCUT2D eigenvalue weighted by atomic mass is 9.87. The minimum atomic E-state index is -0.370. The van der Waals surface area contributed by atoms with Crippen molar-refractivity contribution in [2.75, 3.05) is 11.9 Å². The Labute approximate surface area is 118 Å². The van der Waals surface area contributed by atoms with Gasteiger partial charge < -0.3 is 10.4 Å². The SMILES string of the molecule is CCc1csc(NC(=O)NCC(C)(C)CC(C)O)n1. The molecule has 108 valence electrons. The summed E-state index contributed by atoms with van der Waals surface area (Å²) >= 11 is 1.42. The van der Waals surface area contributed by atoms with Crippen LogP contribution < -0.4 is 10.6 Å². The topological polar surface area (TPSA) is 74.2 Å². The first-order valence-electron chi connectivity index (χ1n) is 6.49. The average Bonchev–Trinajstić information content (AvgIpc) is 2.72. The van der Waals surface area contributed by atoms with Gasteiger partial charge in [0, 0.05) is 11.9 Å². The molecule has 1 unspecified atom stereocenters. The van der Waals surface area contributed by atoms with Gasteiger partial charge in [-0.3, -0.25) is 5.32 Å². The molecule has 1 aromatic heterocycles. The number of rotatable bonds is 6. The van der Waals surface area contributed by atoms with Crippen LogP contribution in [0, 0.1) is 5.41 Å². The first-order chi connectivity index (χ1) is 8.82. The van der Waals surface area contributed by atoms with E-state index in [4.69, 9.17) is 0 Å². The Balaban J connectivity index is 2.39. The maximum Gasteiger partial charge on any atom is 0.321 e. The van der Waals surface area contributed by atoms with Crippen molar-refractivity contribution in [3.8, 4) is 0 Å². The Kier molecular flexibility index (Phi) is 5.75. The molecule has 2 amide bonds. The number of urea groups is 1. The van der Waals surface area contributed by atoms with Gasteiger partial charge in [-0.25, -0.2) is 9.78 Å². The van der Waals surface area contributed by atoms with Gasteiger partial charge >= 0.3 is 6.03 Å². The highest BCUT2D eigenvalue weighted by molar-refractivity contribution is 7.13. The molecule has 0 saturated heterocycles. The van der Waals surface area contributed by atoms with Crippen molar-refractivity contribution in [1.82, 2.24) is 10.3 Å². The minimum absolute atomic E-state index is 0.136. The van der Waals surface area contributed by atoms with Crippen molar-refractivity contribution >= 4 is 22.5 Å². The van der Waals surface area contributed by atoms with E-state index in [1.165, 1.54) is 11.3 Å². The lowest BCUT2D eigenvalue weighted by Crippen LogP contribution is -2.38. The second kappa shape index (κ2) is 6.86. The van der Waals surface area contributed by atoms with Crippen molar-refractivity contribution in [2.45, 2.75) is 46.6 Å². The van der Waals surface area contributed by atoms with Crippen molar-refractivity contribution in [3.05, 3.63) is 11.1 Å². The van der Waals surface area contributed by atoms with Gasteiger partial charge in [0.25, 0.3) is 0 Å². The first-order valence-corrected chi connectivity index (χ1v) is 7.37. The summed E-state index contributed by atoms with van der Waals surface area (Å²) < 4.78 is 0. The number of thiazole rings is 1. The van der Waals surface area contributed by atoms with Crippen LogP contribution in [-0.4, -0.2) is 28.8 Å². The third-order valence-corrected chi connectivity index (χ3v) is 3.52. The molecule has 0 aromatic carbocycles. The highest BCUT2D eigenvalue weighted by Crippen LogP contribution is 2.21. The van der Waals surface area contributed by atoms with Crippen molar-refractivity contribution in [3.63, 3.8) is 0 Å². The molecule has 5 nitrogen and oxygen atoms in total. The van der Waals surface area contributed by atoms with Gasteiger partial charge in [0.1, 0.15) is 0 Å². The Morgan fingerprint density at radius 3 is 2.79 bits per heavy atom. The fourth-order valence-electron chi connectivity index (χ4n) is 1.86. The van der Waals surface area contributed by atoms with Gasteiger partial charge in [-0.05, 0) is 25.2 Å². The van der Waals surface area contributed by atoms with Crippen molar-refractivity contribution in [2.24, 2.45) is 5.41 Å². The fourth-order valence-corrected chi connectivity index (χ4v) is 2.65. The molecule has 6 heteroatoms. The Morgan fingerprint density at radius 2 is 2.26 bits per heavy atom. The molecule has 1 atom stereocenters. The van der Waals surface area contributed by atoms with E-state index in [9.17, 15) is 9.90 Å². The van der Waals surface area contributed by atoms with E-state index in [1.54, 1.807) is 6.92 Å². The van der Waals surface area contributed by atoms with Crippen LogP contribution in [-0.2, 0) is 6.42 Å². The molecule has 0 aliphatic carbocycles. The predicted molar refractivity (Wildman–Crippen MR) is 78.6 cm³/mol. The number of carbonyl (C=O) groups is 1. The molecule has 0 bridgehead atoms. The fraction of sp³-hybridized carbons (Fsp3) is 0.692. The Hall–Kier alpha value is -1.14. The number of aliphatic hydroxyl groups is 1. The summed E-state index contributed by atoms with van der Waals surface area (Å²) in [4.78, 5) is 16.0. The first kappa shape index (κ1) is 15.9. The number of anilines is 1. The number of hydrogen-bond acceptors (Lipinski definition) is 4. The standard InChI is InChI=1S/C13H23N3O2S/c1-5-10-7-19-12(15-10)16-11(18)14-8-13(3,4)6-9(2)17/h7,9,17H,5-6,8H2,1-4H3,(H2,14,15,16,18). The van der Waals surface area contributed by atoms with Crippen LogP contribution in [0.25, 0.3) is 0 Å². The molecule has 0 spiro atoms. The number of nitrogens with one attached hydrogen (secondary N) is 2. The maximum atomic E-state index is 11.7. The van der Waals surface area contributed by atoms with E-state index in [-0.39, 0.29) is 17.6 Å². The number of nitrogens with zero attached hydrogens (tertiary/aromatic N) is 1. The summed E-state index contributed by atoms with van der Waals surface area (Å²) in [6.45, 7) is 8.31. The van der Waals surface area contributed by atoms with Crippen LogP contribution in [0.3, 0.4) is 0 Å². The molecule has 0 aliphatic heterocycles. The van der Waals surface area contributed by atoms with E-state index < -0.39 is 0 Å². The van der Waals surface area contributed by atoms with Crippen LogP contribution in [0.2, 0.25) is 0 Å². The lowest BCUT2D eigenvalue weighted by Gasteiger charge is -2.26. The van der Waals surface area contributed by atoms with E-state index in [1.807, 2.05) is 26.2 Å². The smallest absolute Gasteiger partial charge is 0.321 e. The van der Waals surface area contributed by atoms with E-state index in [0.29, 0.717) is 18.1 Å². The molecule has 1 aromatic rings. The van der Waals surface area contributed by atoms with Crippen molar-refractivity contribution in [1.29, 1.82) is 0 Å². The normalized spacial score (nSPS) is 13.1. The lowest BCUT2D eigenvalue weighted by molar-refractivity contribution is 0.129. The van der Waals surface area contributed by atoms with Gasteiger partial charge in [-0.1, -0.05) is 20.8 Å². The zero-order valence-electron chi connectivity index (χ0n) is 12.0. The second-order valence-corrected chi connectivity index (χ2v) is 6.38. The van der Waals surface area contributed by atoms with Gasteiger partial charge in [0.2, 0.25) is 0 Å². The molecule has 0 aliphatic rings. The van der Waals surface area contributed by atoms with E-state index >= 15 is 0 Å². The van der Waals surface area contributed by atoms with Crippen LogP contribution >= 0.6 is 11.3 Å². The van der Waals surface area contributed by atoms with Crippen LogP contribution in [0.15, 0.2) is 5.38 Å². The van der Waals surface area contributed by atoms with Gasteiger partial charge in [-0.2, -0.15) is 0 Å². The van der Waals surface area contributed by atoms with Gasteiger partial charge in [0.15, 0.2) is 5.13 Å². The summed E-state index contributed by atoms with van der Waals surface area (Å²) in [5.41, 5.74) is 0.845. The number of hydrogen-bond donors (Lipinski definition) is 3. The van der Waals surface area contributed by atoms with Crippen LogP contribution in [0.5, 0.6) is 0 Å². The van der Waals surface area contributed by atoms with E-state index in [2.05, 4.69) is 15.6 Å². The molecule has 1 rings (SSSR count). The summed E-state index contributed by atoms with van der Waals surface area (Å²) in [5, 5.41) is 17.5.